The summed E-state index contributed by atoms with van der Waals surface area (Å²) in [6.45, 7) is -0.124. The standard InChI is InChI=1S/C22H14F3NO4/c23-15-9-17(25)16(24)8-13(15)7-11-2-1-3-12(6-11)10-26-21(29)14-4-5-18(27)20(28)19(14)22(26)30/h1-6,8-9,27-28H,7,10H2. The Kier molecular flexibility index (Phi) is 4.69. The highest BCUT2D eigenvalue weighted by Gasteiger charge is 2.38. The molecule has 1 aliphatic heterocycles. The summed E-state index contributed by atoms with van der Waals surface area (Å²) in [7, 11) is 0. The molecule has 8 heteroatoms. The molecule has 0 spiro atoms. The summed E-state index contributed by atoms with van der Waals surface area (Å²) in [5.74, 6) is -5.84. The third-order valence-corrected chi connectivity index (χ3v) is 4.91. The van der Waals surface area contributed by atoms with Gasteiger partial charge in [0.05, 0.1) is 17.7 Å². The second kappa shape index (κ2) is 7.22. The van der Waals surface area contributed by atoms with E-state index in [1.54, 1.807) is 24.3 Å². The lowest BCUT2D eigenvalue weighted by Crippen LogP contribution is -2.29. The van der Waals surface area contributed by atoms with Crippen molar-refractivity contribution >= 4 is 11.8 Å². The van der Waals surface area contributed by atoms with E-state index in [0.717, 1.165) is 17.0 Å². The lowest BCUT2D eigenvalue weighted by atomic mass is 10.0. The quantitative estimate of drug-likeness (QED) is 0.386. The summed E-state index contributed by atoms with van der Waals surface area (Å²) in [5.41, 5.74) is 0.783. The van der Waals surface area contributed by atoms with Crippen LogP contribution in [0.25, 0.3) is 0 Å². The molecule has 30 heavy (non-hydrogen) atoms. The van der Waals surface area contributed by atoms with E-state index in [0.29, 0.717) is 17.2 Å². The number of halogens is 3. The average molecular weight is 413 g/mol. The fourth-order valence-electron chi connectivity index (χ4n) is 3.43. The van der Waals surface area contributed by atoms with Crippen molar-refractivity contribution in [1.29, 1.82) is 0 Å². The number of imide groups is 1. The number of benzene rings is 3. The summed E-state index contributed by atoms with van der Waals surface area (Å²) in [4.78, 5) is 26.1. The molecule has 0 saturated carbocycles. The Hall–Kier alpha value is -3.81. The van der Waals surface area contributed by atoms with Gasteiger partial charge in [0.2, 0.25) is 0 Å². The molecule has 4 rings (SSSR count). The van der Waals surface area contributed by atoms with E-state index >= 15 is 0 Å². The van der Waals surface area contributed by atoms with E-state index in [1.807, 2.05) is 0 Å². The fourth-order valence-corrected chi connectivity index (χ4v) is 3.43. The molecule has 5 nitrogen and oxygen atoms in total. The Morgan fingerprint density at radius 2 is 1.50 bits per heavy atom. The summed E-state index contributed by atoms with van der Waals surface area (Å²) in [6, 6.07) is 10.2. The highest BCUT2D eigenvalue weighted by Crippen LogP contribution is 2.37. The zero-order valence-corrected chi connectivity index (χ0v) is 15.3. The van der Waals surface area contributed by atoms with Crippen molar-refractivity contribution in [2.45, 2.75) is 13.0 Å². The number of carbonyl (C=O) groups excluding carboxylic acids is 2. The van der Waals surface area contributed by atoms with E-state index in [2.05, 4.69) is 0 Å². The highest BCUT2D eigenvalue weighted by molar-refractivity contribution is 6.22. The third kappa shape index (κ3) is 3.26. The van der Waals surface area contributed by atoms with Gasteiger partial charge in [-0.25, -0.2) is 13.2 Å². The first-order valence-corrected chi connectivity index (χ1v) is 8.88. The summed E-state index contributed by atoms with van der Waals surface area (Å²) in [5, 5.41) is 19.5. The predicted octanol–water partition coefficient (Wildman–Crippen LogP) is 3.90. The molecule has 1 heterocycles. The number of phenolic OH excluding ortho intramolecular Hbond substituents is 2. The normalized spacial score (nSPS) is 13.1. The maximum atomic E-state index is 13.9. The molecule has 1 aliphatic rings. The van der Waals surface area contributed by atoms with Crippen LogP contribution in [0.2, 0.25) is 0 Å². The number of rotatable bonds is 4. The van der Waals surface area contributed by atoms with Crippen molar-refractivity contribution in [3.8, 4) is 11.5 Å². The van der Waals surface area contributed by atoms with Gasteiger partial charge in [0.25, 0.3) is 11.8 Å². The molecule has 3 aromatic rings. The molecule has 2 amide bonds. The molecule has 152 valence electrons. The minimum absolute atomic E-state index is 0.0182. The Morgan fingerprint density at radius 1 is 0.800 bits per heavy atom. The first-order chi connectivity index (χ1) is 14.3. The molecule has 0 saturated heterocycles. The largest absolute Gasteiger partial charge is 0.504 e. The van der Waals surface area contributed by atoms with E-state index in [9.17, 15) is 33.0 Å². The van der Waals surface area contributed by atoms with Gasteiger partial charge >= 0.3 is 0 Å². The lowest BCUT2D eigenvalue weighted by Gasteiger charge is -2.15. The van der Waals surface area contributed by atoms with Crippen LogP contribution in [0.15, 0.2) is 48.5 Å². The number of amides is 2. The van der Waals surface area contributed by atoms with Crippen LogP contribution < -0.4 is 0 Å². The third-order valence-electron chi connectivity index (χ3n) is 4.91. The maximum Gasteiger partial charge on any atom is 0.265 e. The van der Waals surface area contributed by atoms with Gasteiger partial charge in [0.15, 0.2) is 23.1 Å². The molecular weight excluding hydrogens is 399 g/mol. The predicted molar refractivity (Wildman–Crippen MR) is 99.5 cm³/mol. The zero-order chi connectivity index (χ0) is 21.6. The molecule has 0 aliphatic carbocycles. The molecule has 2 N–H and O–H groups in total. The lowest BCUT2D eigenvalue weighted by molar-refractivity contribution is 0.0641. The molecule has 0 radical (unpaired) electrons. The van der Waals surface area contributed by atoms with Gasteiger partial charge in [0, 0.05) is 12.5 Å². The number of aromatic hydroxyl groups is 2. The second-order valence-corrected chi connectivity index (χ2v) is 6.91. The van der Waals surface area contributed by atoms with Gasteiger partial charge < -0.3 is 10.2 Å². The van der Waals surface area contributed by atoms with E-state index < -0.39 is 40.8 Å². The van der Waals surface area contributed by atoms with Gasteiger partial charge in [-0.15, -0.1) is 0 Å². The van der Waals surface area contributed by atoms with Crippen molar-refractivity contribution in [3.05, 3.63) is 93.8 Å². The van der Waals surface area contributed by atoms with E-state index in [1.165, 1.54) is 6.07 Å². The van der Waals surface area contributed by atoms with Gasteiger partial charge in [-0.3, -0.25) is 14.5 Å². The van der Waals surface area contributed by atoms with E-state index in [-0.39, 0.29) is 29.7 Å². The molecule has 0 unspecified atom stereocenters. The molecule has 0 bridgehead atoms. The molecule has 3 aromatic carbocycles. The number of hydrogen-bond acceptors (Lipinski definition) is 4. The summed E-state index contributed by atoms with van der Waals surface area (Å²) < 4.78 is 40.5. The van der Waals surface area contributed by atoms with Crippen molar-refractivity contribution in [2.24, 2.45) is 0 Å². The Balaban J connectivity index is 1.59. The topological polar surface area (TPSA) is 77.8 Å². The Bertz CT molecular complexity index is 1210. The number of nitrogens with zero attached hydrogens (tertiary/aromatic N) is 1. The number of phenols is 2. The molecule has 0 atom stereocenters. The number of fused-ring (bicyclic) bond motifs is 1. The van der Waals surface area contributed by atoms with Crippen LogP contribution in [-0.2, 0) is 13.0 Å². The minimum atomic E-state index is -1.27. The van der Waals surface area contributed by atoms with Crippen LogP contribution in [-0.4, -0.2) is 26.9 Å². The van der Waals surface area contributed by atoms with Crippen molar-refractivity contribution in [1.82, 2.24) is 4.90 Å². The Labute approximate surface area is 168 Å². The van der Waals surface area contributed by atoms with Crippen LogP contribution >= 0.6 is 0 Å². The van der Waals surface area contributed by atoms with Crippen molar-refractivity contribution in [2.75, 3.05) is 0 Å². The summed E-state index contributed by atoms with van der Waals surface area (Å²) >= 11 is 0. The number of hydrogen-bond donors (Lipinski definition) is 2. The van der Waals surface area contributed by atoms with Crippen LogP contribution in [0.5, 0.6) is 11.5 Å². The van der Waals surface area contributed by atoms with Gasteiger partial charge in [-0.05, 0) is 34.9 Å². The summed E-state index contributed by atoms with van der Waals surface area (Å²) in [6.07, 6.45) is -0.0202. The van der Waals surface area contributed by atoms with Crippen LogP contribution in [0.4, 0.5) is 13.2 Å². The average Bonchev–Trinajstić information content (AvgIpc) is 2.94. The van der Waals surface area contributed by atoms with Gasteiger partial charge in [0.1, 0.15) is 5.82 Å². The molecule has 0 aromatic heterocycles. The maximum absolute atomic E-state index is 13.9. The zero-order valence-electron chi connectivity index (χ0n) is 15.3. The van der Waals surface area contributed by atoms with Gasteiger partial charge in [-0.2, -0.15) is 0 Å². The first kappa shape index (κ1) is 19.5. The van der Waals surface area contributed by atoms with Crippen LogP contribution in [0, 0.1) is 17.5 Å². The highest BCUT2D eigenvalue weighted by atomic mass is 19.2. The minimum Gasteiger partial charge on any atom is -0.504 e. The number of carbonyl (C=O) groups is 2. The van der Waals surface area contributed by atoms with Crippen molar-refractivity contribution < 1.29 is 33.0 Å². The molecular formula is C22H14F3NO4. The monoisotopic (exact) mass is 413 g/mol. The van der Waals surface area contributed by atoms with Crippen molar-refractivity contribution in [3.63, 3.8) is 0 Å². The fraction of sp³-hybridized carbons (Fsp3) is 0.0909. The smallest absolute Gasteiger partial charge is 0.265 e. The van der Waals surface area contributed by atoms with Gasteiger partial charge in [-0.1, -0.05) is 24.3 Å². The first-order valence-electron chi connectivity index (χ1n) is 8.88. The Morgan fingerprint density at radius 3 is 2.27 bits per heavy atom. The van der Waals surface area contributed by atoms with Crippen LogP contribution in [0.1, 0.15) is 37.4 Å². The van der Waals surface area contributed by atoms with Crippen LogP contribution in [0.3, 0.4) is 0 Å². The SMILES string of the molecule is O=C1c2ccc(O)c(O)c2C(=O)N1Cc1cccc(Cc2cc(F)c(F)cc2F)c1. The second-order valence-electron chi connectivity index (χ2n) is 6.91. The molecule has 0 fully saturated rings. The van der Waals surface area contributed by atoms with E-state index in [4.69, 9.17) is 0 Å².